The molecule has 0 fully saturated rings. The van der Waals surface area contributed by atoms with Gasteiger partial charge in [0.2, 0.25) is 0 Å². The van der Waals surface area contributed by atoms with Crippen LogP contribution in [0.15, 0.2) is 36.7 Å². The van der Waals surface area contributed by atoms with E-state index in [-0.39, 0.29) is 0 Å². The molecule has 0 amide bonds. The van der Waals surface area contributed by atoms with Crippen molar-refractivity contribution in [1.29, 1.82) is 0 Å². The van der Waals surface area contributed by atoms with Gasteiger partial charge in [0, 0.05) is 39.1 Å². The van der Waals surface area contributed by atoms with Crippen LogP contribution in [0.5, 0.6) is 11.5 Å². The summed E-state index contributed by atoms with van der Waals surface area (Å²) in [4.78, 5) is 6.61. The summed E-state index contributed by atoms with van der Waals surface area (Å²) in [6.07, 6.45) is 2.69. The van der Waals surface area contributed by atoms with Gasteiger partial charge in [0.25, 0.3) is 0 Å². The Morgan fingerprint density at radius 1 is 1.14 bits per heavy atom. The fourth-order valence-electron chi connectivity index (χ4n) is 3.83. The van der Waals surface area contributed by atoms with Gasteiger partial charge in [-0.3, -0.25) is 9.58 Å². The van der Waals surface area contributed by atoms with Gasteiger partial charge in [-0.15, -0.1) is 0 Å². The summed E-state index contributed by atoms with van der Waals surface area (Å²) in [6, 6.07) is 8.13. The van der Waals surface area contributed by atoms with Crippen LogP contribution in [-0.4, -0.2) is 49.1 Å². The molecule has 1 N–H and O–H groups in total. The van der Waals surface area contributed by atoms with E-state index in [1.165, 1.54) is 5.56 Å². The van der Waals surface area contributed by atoms with Crippen molar-refractivity contribution in [3.63, 3.8) is 0 Å². The molecule has 2 aliphatic rings. The van der Waals surface area contributed by atoms with Crippen LogP contribution < -0.4 is 9.47 Å². The minimum atomic E-state index is -0.815. The van der Waals surface area contributed by atoms with E-state index in [0.717, 1.165) is 43.4 Å². The first-order chi connectivity index (χ1) is 13.7. The summed E-state index contributed by atoms with van der Waals surface area (Å²) < 4.78 is 15.1. The van der Waals surface area contributed by atoms with E-state index in [0.29, 0.717) is 24.7 Å². The van der Waals surface area contributed by atoms with Gasteiger partial charge in [0.05, 0.1) is 17.9 Å². The molecule has 2 aromatic heterocycles. The van der Waals surface area contributed by atoms with E-state index < -0.39 is 6.10 Å². The highest BCUT2D eigenvalue weighted by atomic mass is 16.6. The Kier molecular flexibility index (Phi) is 4.29. The van der Waals surface area contributed by atoms with E-state index in [9.17, 15) is 5.11 Å². The number of imidazole rings is 1. The largest absolute Gasteiger partial charge is 0.486 e. The van der Waals surface area contributed by atoms with E-state index in [1.54, 1.807) is 6.20 Å². The molecule has 28 heavy (non-hydrogen) atoms. The number of aromatic nitrogens is 4. The zero-order valence-electron chi connectivity index (χ0n) is 15.8. The van der Waals surface area contributed by atoms with Gasteiger partial charge in [-0.1, -0.05) is 6.07 Å². The van der Waals surface area contributed by atoms with E-state index in [2.05, 4.69) is 27.1 Å². The number of hydrogen-bond donors (Lipinski definition) is 1. The lowest BCUT2D eigenvalue weighted by molar-refractivity contribution is 0.170. The zero-order valence-corrected chi connectivity index (χ0v) is 15.8. The highest BCUT2D eigenvalue weighted by Crippen LogP contribution is 2.31. The Morgan fingerprint density at radius 2 is 2.00 bits per heavy atom. The normalized spacial score (nSPS) is 17.4. The molecular weight excluding hydrogens is 358 g/mol. The van der Waals surface area contributed by atoms with Gasteiger partial charge in [-0.2, -0.15) is 5.10 Å². The molecule has 0 radical (unpaired) electrons. The maximum absolute atomic E-state index is 10.6. The lowest BCUT2D eigenvalue weighted by Gasteiger charge is -2.28. The van der Waals surface area contributed by atoms with Gasteiger partial charge in [-0.25, -0.2) is 4.98 Å². The highest BCUT2D eigenvalue weighted by molar-refractivity contribution is 5.43. The van der Waals surface area contributed by atoms with Crippen molar-refractivity contribution in [2.24, 2.45) is 7.05 Å². The smallest absolute Gasteiger partial charge is 0.161 e. The van der Waals surface area contributed by atoms with Crippen LogP contribution in [0.3, 0.4) is 0 Å². The van der Waals surface area contributed by atoms with Gasteiger partial charge in [-0.05, 0) is 23.8 Å². The third kappa shape index (κ3) is 3.14. The standard InChI is InChI=1S/C20H23N5O3/c1-23-5-4-21-20(23)19(26)16-11-15-13-24(6-7-25(15)22-16)12-14-2-3-17-18(10-14)28-9-8-27-17/h2-5,10-11,19,26H,6-9,12-13H2,1H3/t19-/m1/s1. The number of nitrogens with zero attached hydrogens (tertiary/aromatic N) is 5. The van der Waals surface area contributed by atoms with Crippen molar-refractivity contribution in [1.82, 2.24) is 24.2 Å². The van der Waals surface area contributed by atoms with Crippen molar-refractivity contribution in [2.75, 3.05) is 19.8 Å². The maximum Gasteiger partial charge on any atom is 0.161 e. The second-order valence-electron chi connectivity index (χ2n) is 7.27. The lowest BCUT2D eigenvalue weighted by atomic mass is 10.1. The Morgan fingerprint density at radius 3 is 2.82 bits per heavy atom. The quantitative estimate of drug-likeness (QED) is 0.738. The SMILES string of the molecule is Cn1ccnc1[C@H](O)c1cc2n(n1)CCN(Cc1ccc3c(c1)OCCO3)C2. The number of aliphatic hydroxyl groups is 1. The van der Waals surface area contributed by atoms with Crippen LogP contribution in [0.4, 0.5) is 0 Å². The van der Waals surface area contributed by atoms with Crippen molar-refractivity contribution in [3.8, 4) is 11.5 Å². The summed E-state index contributed by atoms with van der Waals surface area (Å²) in [6.45, 7) is 4.53. The molecule has 4 heterocycles. The predicted molar refractivity (Wildman–Crippen MR) is 101 cm³/mol. The number of aliphatic hydroxyl groups excluding tert-OH is 1. The molecule has 1 atom stereocenters. The van der Waals surface area contributed by atoms with E-state index in [4.69, 9.17) is 9.47 Å². The fraction of sp³-hybridized carbons (Fsp3) is 0.400. The van der Waals surface area contributed by atoms with Crippen LogP contribution in [0.25, 0.3) is 0 Å². The molecule has 0 saturated heterocycles. The fourth-order valence-corrected chi connectivity index (χ4v) is 3.83. The predicted octanol–water partition coefficient (Wildman–Crippen LogP) is 1.49. The average molecular weight is 381 g/mol. The van der Waals surface area contributed by atoms with Gasteiger partial charge in [0.15, 0.2) is 17.6 Å². The van der Waals surface area contributed by atoms with Crippen molar-refractivity contribution < 1.29 is 14.6 Å². The first kappa shape index (κ1) is 17.3. The van der Waals surface area contributed by atoms with Crippen LogP contribution in [0.2, 0.25) is 0 Å². The van der Waals surface area contributed by atoms with Crippen molar-refractivity contribution in [3.05, 3.63) is 59.4 Å². The summed E-state index contributed by atoms with van der Waals surface area (Å²) in [5.41, 5.74) is 2.95. The zero-order chi connectivity index (χ0) is 19.1. The monoisotopic (exact) mass is 381 g/mol. The lowest BCUT2D eigenvalue weighted by Crippen LogP contribution is -2.33. The number of hydrogen-bond acceptors (Lipinski definition) is 6. The maximum atomic E-state index is 10.6. The average Bonchev–Trinajstić information content (AvgIpc) is 3.33. The highest BCUT2D eigenvalue weighted by Gasteiger charge is 2.24. The minimum Gasteiger partial charge on any atom is -0.486 e. The molecule has 0 unspecified atom stereocenters. The van der Waals surface area contributed by atoms with Crippen molar-refractivity contribution in [2.45, 2.75) is 25.7 Å². The van der Waals surface area contributed by atoms with E-state index in [1.807, 2.05) is 34.6 Å². The Labute approximate surface area is 162 Å². The number of fused-ring (bicyclic) bond motifs is 2. The molecule has 2 aliphatic heterocycles. The molecule has 0 bridgehead atoms. The molecule has 1 aromatic carbocycles. The number of benzene rings is 1. The van der Waals surface area contributed by atoms with Crippen LogP contribution in [0, 0.1) is 0 Å². The second-order valence-corrected chi connectivity index (χ2v) is 7.27. The minimum absolute atomic E-state index is 0.598. The molecule has 0 spiro atoms. The number of ether oxygens (including phenoxy) is 2. The summed E-state index contributed by atoms with van der Waals surface area (Å²) >= 11 is 0. The number of aryl methyl sites for hydroxylation is 1. The number of rotatable bonds is 4. The van der Waals surface area contributed by atoms with Gasteiger partial charge < -0.3 is 19.1 Å². The Hall–Kier alpha value is -2.84. The Balaban J connectivity index is 1.30. The summed E-state index contributed by atoms with van der Waals surface area (Å²) in [5, 5.41) is 15.2. The molecule has 3 aromatic rings. The third-order valence-electron chi connectivity index (χ3n) is 5.29. The Bertz CT molecular complexity index is 996. The van der Waals surface area contributed by atoms with Crippen LogP contribution in [0.1, 0.15) is 28.9 Å². The van der Waals surface area contributed by atoms with Crippen LogP contribution in [-0.2, 0) is 26.7 Å². The topological polar surface area (TPSA) is 77.6 Å². The first-order valence-corrected chi connectivity index (χ1v) is 9.50. The second kappa shape index (κ2) is 6.96. The molecule has 146 valence electrons. The molecule has 8 heteroatoms. The molecule has 0 aliphatic carbocycles. The molecule has 0 saturated carbocycles. The molecule has 8 nitrogen and oxygen atoms in total. The van der Waals surface area contributed by atoms with E-state index >= 15 is 0 Å². The van der Waals surface area contributed by atoms with Crippen LogP contribution >= 0.6 is 0 Å². The molecule has 5 rings (SSSR count). The first-order valence-electron chi connectivity index (χ1n) is 9.50. The summed E-state index contributed by atoms with van der Waals surface area (Å²) in [7, 11) is 1.87. The van der Waals surface area contributed by atoms with Crippen molar-refractivity contribution >= 4 is 0 Å². The van der Waals surface area contributed by atoms with Gasteiger partial charge in [0.1, 0.15) is 19.0 Å². The third-order valence-corrected chi connectivity index (χ3v) is 5.29. The van der Waals surface area contributed by atoms with Gasteiger partial charge >= 0.3 is 0 Å². The molecular formula is C20H23N5O3. The summed E-state index contributed by atoms with van der Waals surface area (Å²) in [5.74, 6) is 2.24.